The number of nitrogens with two attached hydrogens (primary N) is 1. The van der Waals surface area contributed by atoms with Crippen LogP contribution in [0.25, 0.3) is 11.1 Å². The molecule has 13 heteroatoms. The highest BCUT2D eigenvalue weighted by molar-refractivity contribution is 7.89. The standard InChI is InChI=1S/C30H34N4O8S/c1-4-8-25(18-21-9-7-10-23(17-21)28(31)33-29(36)42-20(3)41-19(2)35)34(30(37)38)24-15-13-22(14-16-24)26-11-5-6-12-27(26)43(32,39)40/h5-7,9-17,20,25H,4,8,18H2,1-3H3,(H,37,38)(H2,31,33,36)(H2,32,39,40). The third-order valence-electron chi connectivity index (χ3n) is 6.36. The van der Waals surface area contributed by atoms with Gasteiger partial charge >= 0.3 is 18.2 Å². The average Bonchev–Trinajstić information content (AvgIpc) is 2.92. The Balaban J connectivity index is 1.82. The van der Waals surface area contributed by atoms with E-state index in [1.165, 1.54) is 24.8 Å². The number of amides is 2. The number of rotatable bonds is 11. The number of nitrogens with one attached hydrogen (secondary N) is 2. The van der Waals surface area contributed by atoms with Crippen molar-refractivity contribution in [3.8, 4) is 11.1 Å². The second-order valence-corrected chi connectivity index (χ2v) is 11.2. The van der Waals surface area contributed by atoms with E-state index in [2.05, 4.69) is 5.32 Å². The van der Waals surface area contributed by atoms with Gasteiger partial charge in [0.05, 0.1) is 4.90 Å². The fourth-order valence-electron chi connectivity index (χ4n) is 4.63. The molecule has 2 atom stereocenters. The molecule has 2 unspecified atom stereocenters. The molecule has 2 amide bonds. The van der Waals surface area contributed by atoms with Gasteiger partial charge in [-0.15, -0.1) is 0 Å². The van der Waals surface area contributed by atoms with Crippen molar-refractivity contribution in [2.45, 2.75) is 57.3 Å². The summed E-state index contributed by atoms with van der Waals surface area (Å²) in [5.41, 5.74) is 2.46. The lowest BCUT2D eigenvalue weighted by atomic mass is 9.98. The molecule has 43 heavy (non-hydrogen) atoms. The highest BCUT2D eigenvalue weighted by Crippen LogP contribution is 2.30. The number of hydrogen-bond acceptors (Lipinski definition) is 8. The number of hydrogen-bond donors (Lipinski definition) is 4. The third kappa shape index (κ3) is 9.12. The molecule has 5 N–H and O–H groups in total. The maximum absolute atomic E-state index is 12.5. The highest BCUT2D eigenvalue weighted by atomic mass is 32.2. The number of ether oxygens (including phenoxy) is 2. The third-order valence-corrected chi connectivity index (χ3v) is 7.33. The van der Waals surface area contributed by atoms with Crippen LogP contribution in [0.5, 0.6) is 0 Å². The Hall–Kier alpha value is -4.75. The minimum Gasteiger partial charge on any atom is -0.465 e. The molecule has 0 aliphatic heterocycles. The number of esters is 1. The smallest absolute Gasteiger partial charge is 0.415 e. The van der Waals surface area contributed by atoms with Gasteiger partial charge in [0.2, 0.25) is 16.3 Å². The lowest BCUT2D eigenvalue weighted by molar-refractivity contribution is -0.161. The first kappa shape index (κ1) is 32.8. The van der Waals surface area contributed by atoms with Crippen molar-refractivity contribution in [1.82, 2.24) is 5.32 Å². The molecule has 0 saturated carbocycles. The van der Waals surface area contributed by atoms with Crippen LogP contribution in [0.4, 0.5) is 15.3 Å². The number of primary sulfonamides is 1. The molecule has 0 fully saturated rings. The number of sulfonamides is 1. The molecule has 0 aliphatic rings. The maximum Gasteiger partial charge on any atom is 0.415 e. The van der Waals surface area contributed by atoms with Crippen molar-refractivity contribution in [3.63, 3.8) is 0 Å². The number of carbonyl (C=O) groups excluding carboxylic acids is 2. The van der Waals surface area contributed by atoms with E-state index in [1.54, 1.807) is 66.7 Å². The number of carbonyl (C=O) groups is 3. The monoisotopic (exact) mass is 610 g/mol. The Morgan fingerprint density at radius 1 is 1.02 bits per heavy atom. The van der Waals surface area contributed by atoms with Crippen LogP contribution >= 0.6 is 0 Å². The predicted octanol–water partition coefficient (Wildman–Crippen LogP) is 4.86. The molecule has 228 valence electrons. The Kier molecular flexibility index (Phi) is 11.0. The van der Waals surface area contributed by atoms with E-state index in [9.17, 15) is 27.9 Å². The second-order valence-electron chi connectivity index (χ2n) is 9.67. The van der Waals surface area contributed by atoms with Crippen LogP contribution in [0.1, 0.15) is 44.7 Å². The van der Waals surface area contributed by atoms with E-state index in [4.69, 9.17) is 20.0 Å². The van der Waals surface area contributed by atoms with Gasteiger partial charge in [0, 0.05) is 36.7 Å². The molecule has 3 rings (SSSR count). The van der Waals surface area contributed by atoms with E-state index in [0.717, 1.165) is 5.56 Å². The minimum atomic E-state index is -3.97. The number of nitrogens with zero attached hydrogens (tertiary/aromatic N) is 1. The molecule has 0 bridgehead atoms. The van der Waals surface area contributed by atoms with E-state index >= 15 is 0 Å². The summed E-state index contributed by atoms with van der Waals surface area (Å²) in [5, 5.41) is 26.1. The second kappa shape index (κ2) is 14.4. The summed E-state index contributed by atoms with van der Waals surface area (Å²) in [5.74, 6) is -0.872. The van der Waals surface area contributed by atoms with Crippen LogP contribution < -0.4 is 15.4 Å². The van der Waals surface area contributed by atoms with Crippen molar-refractivity contribution in [1.29, 1.82) is 5.41 Å². The molecule has 0 spiro atoms. The van der Waals surface area contributed by atoms with Gasteiger partial charge in [0.25, 0.3) is 0 Å². The topological polar surface area (TPSA) is 189 Å². The predicted molar refractivity (Wildman–Crippen MR) is 160 cm³/mol. The number of anilines is 1. The zero-order chi connectivity index (χ0) is 31.7. The fourth-order valence-corrected chi connectivity index (χ4v) is 5.39. The van der Waals surface area contributed by atoms with Gasteiger partial charge in [0.15, 0.2) is 0 Å². The zero-order valence-corrected chi connectivity index (χ0v) is 24.8. The quantitative estimate of drug-likeness (QED) is 0.102. The SMILES string of the molecule is CCCC(Cc1cccc(C(=N)NC(=O)OC(C)OC(C)=O)c1)N(C(=O)O)c1ccc(-c2ccccc2S(N)(=O)=O)cc1. The van der Waals surface area contributed by atoms with E-state index in [0.29, 0.717) is 41.6 Å². The first-order chi connectivity index (χ1) is 20.3. The van der Waals surface area contributed by atoms with Crippen molar-refractivity contribution < 1.29 is 37.4 Å². The first-order valence-corrected chi connectivity index (χ1v) is 14.9. The van der Waals surface area contributed by atoms with Crippen molar-refractivity contribution >= 4 is 39.7 Å². The molecular weight excluding hydrogens is 576 g/mol. The average molecular weight is 611 g/mol. The lowest BCUT2D eigenvalue weighted by Gasteiger charge is -2.30. The number of carboxylic acid groups (broad SMARTS) is 1. The Bertz CT molecular complexity index is 1590. The van der Waals surface area contributed by atoms with Gasteiger partial charge in [0.1, 0.15) is 5.84 Å². The van der Waals surface area contributed by atoms with Crippen LogP contribution in [-0.4, -0.2) is 49.8 Å². The maximum atomic E-state index is 12.5. The normalized spacial score (nSPS) is 12.5. The molecular formula is C30H34N4O8S. The zero-order valence-electron chi connectivity index (χ0n) is 23.9. The summed E-state index contributed by atoms with van der Waals surface area (Å²) in [6, 6.07) is 19.1. The van der Waals surface area contributed by atoms with Crippen molar-refractivity contribution in [2.24, 2.45) is 5.14 Å². The molecule has 0 heterocycles. The van der Waals surface area contributed by atoms with Gasteiger partial charge in [-0.2, -0.15) is 0 Å². The molecule has 0 aliphatic carbocycles. The van der Waals surface area contributed by atoms with Crippen LogP contribution in [0, 0.1) is 5.41 Å². The van der Waals surface area contributed by atoms with Gasteiger partial charge < -0.3 is 14.6 Å². The largest absolute Gasteiger partial charge is 0.465 e. The van der Waals surface area contributed by atoms with Crippen molar-refractivity contribution in [3.05, 3.63) is 83.9 Å². The van der Waals surface area contributed by atoms with Gasteiger partial charge in [-0.1, -0.05) is 61.9 Å². The Morgan fingerprint density at radius 2 is 1.70 bits per heavy atom. The molecule has 0 aromatic heterocycles. The van der Waals surface area contributed by atoms with Crippen LogP contribution in [-0.2, 0) is 30.7 Å². The van der Waals surface area contributed by atoms with Crippen LogP contribution in [0.15, 0.2) is 77.7 Å². The number of amidine groups is 1. The molecule has 3 aromatic carbocycles. The lowest BCUT2D eigenvalue weighted by Crippen LogP contribution is -2.41. The molecule has 0 radical (unpaired) electrons. The summed E-state index contributed by atoms with van der Waals surface area (Å²) in [4.78, 5) is 36.8. The minimum absolute atomic E-state index is 0.0335. The van der Waals surface area contributed by atoms with E-state index in [1.807, 2.05) is 6.92 Å². The van der Waals surface area contributed by atoms with Gasteiger partial charge in [-0.3, -0.25) is 20.4 Å². The van der Waals surface area contributed by atoms with E-state index in [-0.39, 0.29) is 10.7 Å². The number of benzene rings is 3. The van der Waals surface area contributed by atoms with Gasteiger partial charge in [-0.25, -0.2) is 23.1 Å². The summed E-state index contributed by atoms with van der Waals surface area (Å²) < 4.78 is 33.8. The van der Waals surface area contributed by atoms with Crippen LogP contribution in [0.2, 0.25) is 0 Å². The Morgan fingerprint density at radius 3 is 2.30 bits per heavy atom. The highest BCUT2D eigenvalue weighted by Gasteiger charge is 2.26. The summed E-state index contributed by atoms with van der Waals surface area (Å²) in [6.07, 6.45) is -1.73. The first-order valence-electron chi connectivity index (χ1n) is 13.4. The molecule has 3 aromatic rings. The fraction of sp³-hybridized carbons (Fsp3) is 0.267. The van der Waals surface area contributed by atoms with E-state index < -0.39 is 40.5 Å². The summed E-state index contributed by atoms with van der Waals surface area (Å²) >= 11 is 0. The molecule has 0 saturated heterocycles. The summed E-state index contributed by atoms with van der Waals surface area (Å²) in [7, 11) is -3.97. The number of alkyl carbamates (subject to hydrolysis) is 1. The molecule has 12 nitrogen and oxygen atoms in total. The van der Waals surface area contributed by atoms with Crippen molar-refractivity contribution in [2.75, 3.05) is 4.90 Å². The van der Waals surface area contributed by atoms with Gasteiger partial charge in [-0.05, 0) is 48.2 Å². The Labute approximate surface area is 250 Å². The summed E-state index contributed by atoms with van der Waals surface area (Å²) in [6.45, 7) is 4.48. The van der Waals surface area contributed by atoms with Crippen LogP contribution in [0.3, 0.4) is 0 Å².